The van der Waals surface area contributed by atoms with Crippen molar-refractivity contribution in [3.63, 3.8) is 0 Å². The lowest BCUT2D eigenvalue weighted by Crippen LogP contribution is -2.52. The van der Waals surface area contributed by atoms with Crippen molar-refractivity contribution in [1.82, 2.24) is 4.90 Å². The van der Waals surface area contributed by atoms with E-state index < -0.39 is 59.0 Å². The number of carboxylic acids is 1. The number of carboxylic acid groups (broad SMARTS) is 1. The maximum absolute atomic E-state index is 14.9. The number of morpholine rings is 1. The third kappa shape index (κ3) is 6.02. The standard InChI is InChI=1S/C44H42N2O8/c47-25-26-53-32-18-16-31(17-19-32)39-44(33-27-28(15-20-34(33)45-42(44)51)21-24-43(52)22-9-1-2-10-23-43)35(40(48)49)37-41(50)54-38(30-13-7-4-8-14-30)36(46(37)39)29-11-5-3-6-12-29/h3-8,11-20,27,35-39,47,52H,1-2,9-10,22-23,25-26H2,(H,45,51)(H,48,49)/t35-,36-,37-,38+,39+,44-/m0/s1. The molecule has 0 bridgehead atoms. The molecular formula is C44H42N2O8. The maximum Gasteiger partial charge on any atom is 0.325 e. The van der Waals surface area contributed by atoms with Gasteiger partial charge in [0.1, 0.15) is 41.4 Å². The van der Waals surface area contributed by atoms with Gasteiger partial charge in [0.05, 0.1) is 18.7 Å². The van der Waals surface area contributed by atoms with Gasteiger partial charge in [0, 0.05) is 11.3 Å². The highest BCUT2D eigenvalue weighted by Crippen LogP contribution is 2.64. The van der Waals surface area contributed by atoms with E-state index in [-0.39, 0.29) is 13.2 Å². The molecule has 1 aliphatic carbocycles. The van der Waals surface area contributed by atoms with Crippen molar-refractivity contribution >= 4 is 23.5 Å². The first-order valence-corrected chi connectivity index (χ1v) is 18.6. The highest BCUT2D eigenvalue weighted by atomic mass is 16.6. The van der Waals surface area contributed by atoms with Gasteiger partial charge in [0.25, 0.3) is 0 Å². The third-order valence-corrected chi connectivity index (χ3v) is 11.5. The number of fused-ring (bicyclic) bond motifs is 3. The minimum Gasteiger partial charge on any atom is -0.491 e. The second-order valence-electron chi connectivity index (χ2n) is 14.7. The Labute approximate surface area is 313 Å². The zero-order valence-corrected chi connectivity index (χ0v) is 29.7. The van der Waals surface area contributed by atoms with Crippen molar-refractivity contribution in [1.29, 1.82) is 0 Å². The van der Waals surface area contributed by atoms with Crippen LogP contribution in [-0.4, -0.2) is 62.9 Å². The molecule has 54 heavy (non-hydrogen) atoms. The normalized spacial score (nSPS) is 27.1. The van der Waals surface area contributed by atoms with E-state index in [0.717, 1.165) is 36.8 Å². The van der Waals surface area contributed by atoms with Gasteiger partial charge in [-0.2, -0.15) is 0 Å². The minimum atomic E-state index is -1.83. The van der Waals surface area contributed by atoms with Gasteiger partial charge in [-0.3, -0.25) is 19.3 Å². The number of cyclic esters (lactones) is 1. The number of benzene rings is 4. The first-order valence-electron chi connectivity index (χ1n) is 18.6. The van der Waals surface area contributed by atoms with Gasteiger partial charge in [0.2, 0.25) is 5.91 Å². The van der Waals surface area contributed by atoms with E-state index in [1.807, 2.05) is 65.6 Å². The molecular weight excluding hydrogens is 684 g/mol. The van der Waals surface area contributed by atoms with Crippen LogP contribution < -0.4 is 10.1 Å². The Morgan fingerprint density at radius 2 is 1.52 bits per heavy atom. The Morgan fingerprint density at radius 3 is 2.17 bits per heavy atom. The summed E-state index contributed by atoms with van der Waals surface area (Å²) in [6.45, 7) is -0.0953. The fourth-order valence-corrected chi connectivity index (χ4v) is 9.19. The average Bonchev–Trinajstić information content (AvgIpc) is 3.56. The number of carbonyl (C=O) groups excluding carboxylic acids is 2. The summed E-state index contributed by atoms with van der Waals surface area (Å²) in [6, 6.07) is 28.1. The van der Waals surface area contributed by atoms with Crippen molar-refractivity contribution in [3.05, 3.63) is 131 Å². The van der Waals surface area contributed by atoms with Crippen LogP contribution >= 0.6 is 0 Å². The zero-order chi connectivity index (χ0) is 37.5. The minimum absolute atomic E-state index is 0.0808. The van der Waals surface area contributed by atoms with Gasteiger partial charge in [-0.25, -0.2) is 0 Å². The fourth-order valence-electron chi connectivity index (χ4n) is 9.19. The van der Waals surface area contributed by atoms with Crippen molar-refractivity contribution < 1.29 is 39.2 Å². The van der Waals surface area contributed by atoms with E-state index >= 15 is 0 Å². The second kappa shape index (κ2) is 14.4. The van der Waals surface area contributed by atoms with Gasteiger partial charge in [0.15, 0.2) is 0 Å². The number of aliphatic hydroxyl groups is 2. The number of esters is 1. The predicted octanol–water partition coefficient (Wildman–Crippen LogP) is 5.85. The SMILES string of the molecule is O=C1O[C@H](c2ccccc2)[C@H](c2ccccc2)N2[C@H]1[C@@H](C(=O)O)[C@]1(C(=O)Nc3ccc(C#CC4(O)CCCCCC4)cc31)[C@H]2c1ccc(OCCO)cc1. The molecule has 1 amide bonds. The van der Waals surface area contributed by atoms with Gasteiger partial charge in [-0.05, 0) is 78.3 Å². The molecule has 10 heteroatoms. The van der Waals surface area contributed by atoms with E-state index in [1.165, 1.54) is 0 Å². The molecule has 2 saturated heterocycles. The number of amides is 1. The Hall–Kier alpha value is -5.47. The Balaban J connectivity index is 1.36. The summed E-state index contributed by atoms with van der Waals surface area (Å²) in [5.41, 5.74) is 0.503. The number of aliphatic hydroxyl groups excluding tert-OH is 1. The van der Waals surface area contributed by atoms with Gasteiger partial charge in [-0.15, -0.1) is 0 Å². The topological polar surface area (TPSA) is 146 Å². The molecule has 4 aromatic carbocycles. The number of anilines is 1. The number of ether oxygens (including phenoxy) is 2. The van der Waals surface area contributed by atoms with Crippen molar-refractivity contribution in [2.45, 2.75) is 73.8 Å². The van der Waals surface area contributed by atoms with Gasteiger partial charge < -0.3 is 30.1 Å². The molecule has 4 aromatic rings. The molecule has 4 N–H and O–H groups in total. The van der Waals surface area contributed by atoms with Gasteiger partial charge >= 0.3 is 11.9 Å². The van der Waals surface area contributed by atoms with Crippen LogP contribution in [0.25, 0.3) is 0 Å². The van der Waals surface area contributed by atoms with Crippen molar-refractivity contribution in [2.24, 2.45) is 5.92 Å². The number of hydrogen-bond acceptors (Lipinski definition) is 8. The molecule has 0 aromatic heterocycles. The number of carbonyl (C=O) groups is 3. The molecule has 0 unspecified atom stereocenters. The van der Waals surface area contributed by atoms with Crippen molar-refractivity contribution in [3.8, 4) is 17.6 Å². The Kier molecular flexibility index (Phi) is 9.48. The number of rotatable bonds is 7. The van der Waals surface area contributed by atoms with E-state index in [9.17, 15) is 29.7 Å². The molecule has 6 atom stereocenters. The van der Waals surface area contributed by atoms with Crippen LogP contribution in [0, 0.1) is 17.8 Å². The van der Waals surface area contributed by atoms with Crippen LogP contribution in [-0.2, 0) is 24.5 Å². The molecule has 8 rings (SSSR count). The largest absolute Gasteiger partial charge is 0.491 e. The lowest BCUT2D eigenvalue weighted by atomic mass is 9.65. The Morgan fingerprint density at radius 1 is 0.852 bits per heavy atom. The monoisotopic (exact) mass is 726 g/mol. The molecule has 276 valence electrons. The van der Waals surface area contributed by atoms with Crippen LogP contribution in [0.3, 0.4) is 0 Å². The quantitative estimate of drug-likeness (QED) is 0.105. The van der Waals surface area contributed by atoms with Gasteiger partial charge in [-0.1, -0.05) is 97.5 Å². The summed E-state index contributed by atoms with van der Waals surface area (Å²) in [7, 11) is 0. The summed E-state index contributed by atoms with van der Waals surface area (Å²) in [6.07, 6.45) is 4.14. The highest BCUT2D eigenvalue weighted by molar-refractivity contribution is 6.11. The highest BCUT2D eigenvalue weighted by Gasteiger charge is 2.74. The van der Waals surface area contributed by atoms with Crippen LogP contribution in [0.4, 0.5) is 5.69 Å². The molecule has 3 aliphatic heterocycles. The number of aliphatic carboxylic acids is 1. The average molecular weight is 727 g/mol. The summed E-state index contributed by atoms with van der Waals surface area (Å²) in [4.78, 5) is 45.2. The Bertz CT molecular complexity index is 2100. The lowest BCUT2D eigenvalue weighted by Gasteiger charge is -2.46. The molecule has 1 spiro atoms. The lowest BCUT2D eigenvalue weighted by molar-refractivity contribution is -0.179. The van der Waals surface area contributed by atoms with Crippen molar-refractivity contribution in [2.75, 3.05) is 18.5 Å². The molecule has 0 radical (unpaired) electrons. The fraction of sp³-hybridized carbons (Fsp3) is 0.341. The maximum atomic E-state index is 14.9. The molecule has 10 nitrogen and oxygen atoms in total. The van der Waals surface area contributed by atoms with Crippen LogP contribution in [0.5, 0.6) is 5.75 Å². The summed E-state index contributed by atoms with van der Waals surface area (Å²) in [5.74, 6) is 2.59. The van der Waals surface area contributed by atoms with E-state index in [1.54, 1.807) is 42.5 Å². The van der Waals surface area contributed by atoms with Crippen LogP contribution in [0.1, 0.15) is 84.5 Å². The first-order chi connectivity index (χ1) is 26.2. The van der Waals surface area contributed by atoms with Crippen LogP contribution in [0.2, 0.25) is 0 Å². The third-order valence-electron chi connectivity index (χ3n) is 11.5. The second-order valence-corrected chi connectivity index (χ2v) is 14.7. The van der Waals surface area contributed by atoms with Crippen LogP contribution in [0.15, 0.2) is 103 Å². The molecule has 4 aliphatic rings. The predicted molar refractivity (Wildman–Crippen MR) is 199 cm³/mol. The smallest absolute Gasteiger partial charge is 0.325 e. The number of nitrogens with zero attached hydrogens (tertiary/aromatic N) is 1. The molecule has 3 fully saturated rings. The van der Waals surface area contributed by atoms with E-state index in [2.05, 4.69) is 17.2 Å². The van der Waals surface area contributed by atoms with E-state index in [4.69, 9.17) is 9.47 Å². The number of hydrogen-bond donors (Lipinski definition) is 4. The summed E-state index contributed by atoms with van der Waals surface area (Å²) < 4.78 is 12.0. The summed E-state index contributed by atoms with van der Waals surface area (Å²) >= 11 is 0. The molecule has 3 heterocycles. The number of nitrogens with one attached hydrogen (secondary N) is 1. The van der Waals surface area contributed by atoms with E-state index in [0.29, 0.717) is 41.0 Å². The summed E-state index contributed by atoms with van der Waals surface area (Å²) in [5, 5.41) is 35.0. The molecule has 1 saturated carbocycles. The first kappa shape index (κ1) is 35.6. The zero-order valence-electron chi connectivity index (χ0n) is 29.7.